The first-order chi connectivity index (χ1) is 30.0. The normalized spacial score (nSPS) is 12.4. The number of carbonyl (C=O) groups excluding carboxylic acids is 3. The van der Waals surface area contributed by atoms with Gasteiger partial charge in [0.1, 0.15) is 13.2 Å². The van der Waals surface area contributed by atoms with Crippen LogP contribution in [-0.2, 0) is 28.6 Å². The van der Waals surface area contributed by atoms with Crippen molar-refractivity contribution in [1.82, 2.24) is 0 Å². The van der Waals surface area contributed by atoms with Gasteiger partial charge in [0.15, 0.2) is 6.10 Å². The molecule has 0 heterocycles. The summed E-state index contributed by atoms with van der Waals surface area (Å²) in [5, 5.41) is 0. The topological polar surface area (TPSA) is 78.9 Å². The first-order valence-electron chi connectivity index (χ1n) is 26.1. The van der Waals surface area contributed by atoms with Crippen molar-refractivity contribution < 1.29 is 28.6 Å². The minimum Gasteiger partial charge on any atom is -0.462 e. The summed E-state index contributed by atoms with van der Waals surface area (Å²) in [6, 6.07) is 0. The number of ether oxygens (including phenoxy) is 3. The second-order valence-electron chi connectivity index (χ2n) is 17.4. The summed E-state index contributed by atoms with van der Waals surface area (Å²) in [5.74, 6) is -0.892. The molecule has 0 spiro atoms. The van der Waals surface area contributed by atoms with E-state index in [1.807, 2.05) is 0 Å². The van der Waals surface area contributed by atoms with Crippen LogP contribution < -0.4 is 0 Å². The van der Waals surface area contributed by atoms with Crippen LogP contribution in [0, 0.1) is 0 Å². The van der Waals surface area contributed by atoms with Crippen LogP contribution in [0.3, 0.4) is 0 Å². The van der Waals surface area contributed by atoms with E-state index in [0.29, 0.717) is 19.3 Å². The van der Waals surface area contributed by atoms with Crippen molar-refractivity contribution >= 4 is 17.9 Å². The summed E-state index contributed by atoms with van der Waals surface area (Å²) in [6.45, 7) is 6.51. The Morgan fingerprint density at radius 1 is 0.344 bits per heavy atom. The zero-order valence-electron chi connectivity index (χ0n) is 40.4. The van der Waals surface area contributed by atoms with Gasteiger partial charge in [-0.15, -0.1) is 0 Å². The van der Waals surface area contributed by atoms with E-state index in [-0.39, 0.29) is 31.1 Å². The molecule has 6 nitrogen and oxygen atoms in total. The highest BCUT2D eigenvalue weighted by molar-refractivity contribution is 5.71. The average molecular weight is 855 g/mol. The molecule has 0 N–H and O–H groups in total. The van der Waals surface area contributed by atoms with E-state index >= 15 is 0 Å². The van der Waals surface area contributed by atoms with Crippen LogP contribution in [0.1, 0.15) is 265 Å². The highest BCUT2D eigenvalue weighted by Gasteiger charge is 2.19. The van der Waals surface area contributed by atoms with E-state index in [0.717, 1.165) is 96.3 Å². The maximum absolute atomic E-state index is 12.8. The monoisotopic (exact) mass is 855 g/mol. The summed E-state index contributed by atoms with van der Waals surface area (Å²) >= 11 is 0. The van der Waals surface area contributed by atoms with Gasteiger partial charge in [-0.1, -0.05) is 217 Å². The Bertz CT molecular complexity index is 1070. The largest absolute Gasteiger partial charge is 0.462 e. The minimum absolute atomic E-state index is 0.0780. The average Bonchev–Trinajstić information content (AvgIpc) is 3.26. The van der Waals surface area contributed by atoms with Crippen molar-refractivity contribution in [2.75, 3.05) is 13.2 Å². The molecule has 0 rings (SSSR count). The Kier molecular flexibility index (Phi) is 47.9. The Morgan fingerprint density at radius 3 is 1.03 bits per heavy atom. The zero-order valence-corrected chi connectivity index (χ0v) is 40.4. The van der Waals surface area contributed by atoms with E-state index in [2.05, 4.69) is 69.4 Å². The highest BCUT2D eigenvalue weighted by Crippen LogP contribution is 2.15. The first kappa shape index (κ1) is 58.4. The second kappa shape index (κ2) is 50.0. The Hall–Kier alpha value is -2.63. The molecular formula is C55H98O6. The molecule has 0 aromatic heterocycles. The second-order valence-corrected chi connectivity index (χ2v) is 17.4. The predicted octanol–water partition coefficient (Wildman–Crippen LogP) is 17.1. The molecule has 0 aliphatic rings. The number of carbonyl (C=O) groups is 3. The van der Waals surface area contributed by atoms with Gasteiger partial charge >= 0.3 is 17.9 Å². The number of hydrogen-bond acceptors (Lipinski definition) is 6. The minimum atomic E-state index is -0.779. The van der Waals surface area contributed by atoms with Crippen LogP contribution in [0.5, 0.6) is 0 Å². The van der Waals surface area contributed by atoms with Crippen molar-refractivity contribution in [3.8, 4) is 0 Å². The van der Waals surface area contributed by atoms with Crippen LogP contribution in [0.4, 0.5) is 0 Å². The Morgan fingerprint density at radius 2 is 0.639 bits per heavy atom. The van der Waals surface area contributed by atoms with Gasteiger partial charge in [-0.2, -0.15) is 0 Å². The molecule has 1 atom stereocenters. The highest BCUT2D eigenvalue weighted by atomic mass is 16.6. The Balaban J connectivity index is 4.39. The maximum Gasteiger partial charge on any atom is 0.306 e. The van der Waals surface area contributed by atoms with E-state index in [1.54, 1.807) is 0 Å². The molecule has 0 aliphatic heterocycles. The molecule has 0 aliphatic carbocycles. The van der Waals surface area contributed by atoms with Gasteiger partial charge in [0.2, 0.25) is 0 Å². The van der Waals surface area contributed by atoms with Crippen LogP contribution in [0.2, 0.25) is 0 Å². The standard InChI is InChI=1S/C55H98O6/c1-4-7-10-13-16-19-22-25-27-30-33-36-39-42-45-48-54(57)60-51-52(50-59-53(56)47-44-41-38-35-32-29-24-21-18-15-12-9-6-3)61-55(58)49-46-43-40-37-34-31-28-26-23-20-17-14-11-8-5-2/h7,10,16,19-20,23,25,27,52H,4-6,8-9,11-15,17-18,21-22,24,26,28-51H2,1-3H3/b10-7-,19-16-,23-20-,27-25-/t52-/m0/s1. The molecule has 61 heavy (non-hydrogen) atoms. The molecular weight excluding hydrogens is 757 g/mol. The summed E-state index contributed by atoms with van der Waals surface area (Å²) in [5.41, 5.74) is 0. The number of rotatable bonds is 47. The van der Waals surface area contributed by atoms with Gasteiger partial charge in [0.05, 0.1) is 0 Å². The molecule has 0 fully saturated rings. The van der Waals surface area contributed by atoms with Crippen molar-refractivity contribution in [2.45, 2.75) is 271 Å². The molecule has 0 aromatic rings. The number of unbranched alkanes of at least 4 members (excludes halogenated alkanes) is 28. The maximum atomic E-state index is 12.8. The molecule has 6 heteroatoms. The molecule has 0 aromatic carbocycles. The molecule has 0 bridgehead atoms. The number of esters is 3. The van der Waals surface area contributed by atoms with Crippen molar-refractivity contribution in [3.05, 3.63) is 48.6 Å². The third kappa shape index (κ3) is 48.3. The molecule has 0 saturated heterocycles. The third-order valence-electron chi connectivity index (χ3n) is 11.3. The summed E-state index contributed by atoms with van der Waals surface area (Å²) in [4.78, 5) is 38.0. The van der Waals surface area contributed by atoms with Crippen molar-refractivity contribution in [1.29, 1.82) is 0 Å². The van der Waals surface area contributed by atoms with E-state index in [4.69, 9.17) is 14.2 Å². The lowest BCUT2D eigenvalue weighted by Gasteiger charge is -2.18. The SMILES string of the molecule is CC/C=C\C/C=C\C/C=C\CCCCCCCC(=O)OC[C@H](COC(=O)CCCCCCCCCCCCCCC)OC(=O)CCCCCCCCC/C=C\CCCCCC. The van der Waals surface area contributed by atoms with Crippen LogP contribution >= 0.6 is 0 Å². The number of allylic oxidation sites excluding steroid dienone is 8. The first-order valence-corrected chi connectivity index (χ1v) is 26.1. The van der Waals surface area contributed by atoms with E-state index < -0.39 is 6.10 Å². The third-order valence-corrected chi connectivity index (χ3v) is 11.3. The molecule has 0 amide bonds. The van der Waals surface area contributed by atoms with Crippen LogP contribution in [-0.4, -0.2) is 37.2 Å². The fourth-order valence-electron chi connectivity index (χ4n) is 7.39. The van der Waals surface area contributed by atoms with Gasteiger partial charge in [-0.3, -0.25) is 14.4 Å². The van der Waals surface area contributed by atoms with Gasteiger partial charge in [0.25, 0.3) is 0 Å². The van der Waals surface area contributed by atoms with Gasteiger partial charge < -0.3 is 14.2 Å². The fourth-order valence-corrected chi connectivity index (χ4v) is 7.39. The van der Waals surface area contributed by atoms with Crippen molar-refractivity contribution in [2.24, 2.45) is 0 Å². The lowest BCUT2D eigenvalue weighted by molar-refractivity contribution is -0.167. The van der Waals surface area contributed by atoms with Gasteiger partial charge in [-0.05, 0) is 77.0 Å². The molecule has 0 saturated carbocycles. The molecule has 0 unspecified atom stereocenters. The van der Waals surface area contributed by atoms with E-state index in [1.165, 1.54) is 128 Å². The Labute approximate surface area is 378 Å². The van der Waals surface area contributed by atoms with Crippen LogP contribution in [0.25, 0.3) is 0 Å². The molecule has 0 radical (unpaired) electrons. The molecule has 354 valence electrons. The quantitative estimate of drug-likeness (QED) is 0.0263. The summed E-state index contributed by atoms with van der Waals surface area (Å²) in [7, 11) is 0. The van der Waals surface area contributed by atoms with Gasteiger partial charge in [-0.25, -0.2) is 0 Å². The lowest BCUT2D eigenvalue weighted by Crippen LogP contribution is -2.30. The van der Waals surface area contributed by atoms with E-state index in [9.17, 15) is 14.4 Å². The zero-order chi connectivity index (χ0) is 44.4. The number of hydrogen-bond donors (Lipinski definition) is 0. The van der Waals surface area contributed by atoms with Gasteiger partial charge in [0, 0.05) is 19.3 Å². The lowest BCUT2D eigenvalue weighted by atomic mass is 10.0. The smallest absolute Gasteiger partial charge is 0.306 e. The summed E-state index contributed by atoms with van der Waals surface area (Å²) < 4.78 is 16.8. The predicted molar refractivity (Wildman–Crippen MR) is 261 cm³/mol. The summed E-state index contributed by atoms with van der Waals surface area (Å²) in [6.07, 6.45) is 59.4. The fraction of sp³-hybridized carbons (Fsp3) is 0.800. The van der Waals surface area contributed by atoms with Crippen LogP contribution in [0.15, 0.2) is 48.6 Å². The van der Waals surface area contributed by atoms with Crippen molar-refractivity contribution in [3.63, 3.8) is 0 Å².